The topological polar surface area (TPSA) is 129 Å². The number of H-pyrrole nitrogens is 1. The maximum atomic E-state index is 12.5. The average Bonchev–Trinajstić information content (AvgIpc) is 3.18. The van der Waals surface area contributed by atoms with Crippen LogP contribution in [0.2, 0.25) is 0 Å². The van der Waals surface area contributed by atoms with Gasteiger partial charge in [0.15, 0.2) is 5.79 Å². The Bertz CT molecular complexity index is 1090. The van der Waals surface area contributed by atoms with Crippen LogP contribution in [0.4, 0.5) is 0 Å². The van der Waals surface area contributed by atoms with E-state index in [0.29, 0.717) is 5.56 Å². The lowest BCUT2D eigenvalue weighted by Crippen LogP contribution is -2.54. The van der Waals surface area contributed by atoms with Gasteiger partial charge in [-0.05, 0) is 32.9 Å². The first-order valence-electron chi connectivity index (χ1n) is 9.86. The van der Waals surface area contributed by atoms with E-state index in [1.165, 1.54) is 6.20 Å². The molecule has 2 fully saturated rings. The fourth-order valence-electron chi connectivity index (χ4n) is 3.98. The lowest BCUT2D eigenvalue weighted by molar-refractivity contribution is -0.244. The van der Waals surface area contributed by atoms with Crippen LogP contribution in [0, 0.1) is 6.92 Å². The van der Waals surface area contributed by atoms with Crippen LogP contribution in [0.25, 0.3) is 0 Å². The van der Waals surface area contributed by atoms with Crippen LogP contribution in [-0.2, 0) is 24.7 Å². The highest BCUT2D eigenvalue weighted by Gasteiger charge is 2.64. The van der Waals surface area contributed by atoms with Crippen molar-refractivity contribution in [2.45, 2.75) is 50.6 Å². The van der Waals surface area contributed by atoms with E-state index in [1.807, 2.05) is 6.92 Å². The molecule has 0 bridgehead atoms. The van der Waals surface area contributed by atoms with E-state index in [1.54, 1.807) is 38.1 Å². The number of aliphatic hydroxyl groups excluding tert-OH is 1. The molecular formula is C21H24N2O8. The van der Waals surface area contributed by atoms with Gasteiger partial charge in [-0.1, -0.05) is 17.7 Å². The smallest absolute Gasteiger partial charge is 0.338 e. The van der Waals surface area contributed by atoms with E-state index in [4.69, 9.17) is 18.9 Å². The second-order valence-corrected chi connectivity index (χ2v) is 8.12. The predicted octanol–water partition coefficient (Wildman–Crippen LogP) is 0.266. The number of nitrogens with one attached hydrogen (secondary N) is 1. The van der Waals surface area contributed by atoms with E-state index in [2.05, 4.69) is 4.98 Å². The van der Waals surface area contributed by atoms with Gasteiger partial charge >= 0.3 is 11.7 Å². The first-order chi connectivity index (χ1) is 14.6. The van der Waals surface area contributed by atoms with Crippen LogP contribution in [0.1, 0.15) is 29.8 Å². The maximum absolute atomic E-state index is 12.5. The Morgan fingerprint density at radius 2 is 1.87 bits per heavy atom. The van der Waals surface area contributed by atoms with Crippen molar-refractivity contribution >= 4 is 5.97 Å². The summed E-state index contributed by atoms with van der Waals surface area (Å²) >= 11 is 0. The number of aliphatic hydroxyl groups is 1. The molecule has 3 heterocycles. The Hall–Kier alpha value is -2.79. The number of hydrogen-bond donors (Lipinski definition) is 2. The standard InChI is InChI=1S/C21H24N2O8/c1-12-4-6-13(7-5-12)18(26)28-10-14-16-17(31-20(2,3)30-16)21(11-24,29-14)23-9-8-15(25)22-19(23)27/h4-9,14,16-17,24H,10-11H2,1-3H3,(H,22,25,27)/t14-,16-,17-,21-/m1/s1. The van der Waals surface area contributed by atoms with Gasteiger partial charge in [0.25, 0.3) is 5.56 Å². The minimum absolute atomic E-state index is 0.187. The minimum atomic E-state index is -1.67. The summed E-state index contributed by atoms with van der Waals surface area (Å²) in [5, 5.41) is 10.3. The molecule has 166 valence electrons. The van der Waals surface area contributed by atoms with Crippen LogP contribution in [0.5, 0.6) is 0 Å². The average molecular weight is 432 g/mol. The highest BCUT2D eigenvalue weighted by molar-refractivity contribution is 5.89. The number of aromatic amines is 1. The van der Waals surface area contributed by atoms with E-state index >= 15 is 0 Å². The maximum Gasteiger partial charge on any atom is 0.338 e. The van der Waals surface area contributed by atoms with Crippen molar-refractivity contribution in [2.75, 3.05) is 13.2 Å². The second-order valence-electron chi connectivity index (χ2n) is 8.12. The molecule has 10 nitrogen and oxygen atoms in total. The minimum Gasteiger partial charge on any atom is -0.459 e. The summed E-state index contributed by atoms with van der Waals surface area (Å²) in [6.45, 7) is 4.47. The van der Waals surface area contributed by atoms with Gasteiger partial charge in [0.2, 0.25) is 5.72 Å². The molecule has 2 aliphatic heterocycles. The van der Waals surface area contributed by atoms with Crippen LogP contribution in [0.3, 0.4) is 0 Å². The number of hydrogen-bond acceptors (Lipinski definition) is 8. The third-order valence-electron chi connectivity index (χ3n) is 5.42. The van der Waals surface area contributed by atoms with Gasteiger partial charge in [0, 0.05) is 12.3 Å². The molecule has 2 saturated heterocycles. The largest absolute Gasteiger partial charge is 0.459 e. The number of benzene rings is 1. The molecular weight excluding hydrogens is 408 g/mol. The zero-order valence-corrected chi connectivity index (χ0v) is 17.4. The zero-order valence-electron chi connectivity index (χ0n) is 17.4. The third-order valence-corrected chi connectivity index (χ3v) is 5.42. The lowest BCUT2D eigenvalue weighted by Gasteiger charge is -2.34. The van der Waals surface area contributed by atoms with Crippen LogP contribution in [-0.4, -0.2) is 57.9 Å². The summed E-state index contributed by atoms with van der Waals surface area (Å²) in [4.78, 5) is 38.5. The van der Waals surface area contributed by atoms with Crippen molar-refractivity contribution in [1.82, 2.24) is 9.55 Å². The fourth-order valence-corrected chi connectivity index (χ4v) is 3.98. The van der Waals surface area contributed by atoms with Crippen LogP contribution < -0.4 is 11.2 Å². The molecule has 1 aromatic carbocycles. The number of rotatable bonds is 5. The summed E-state index contributed by atoms with van der Waals surface area (Å²) < 4.78 is 24.4. The van der Waals surface area contributed by atoms with Gasteiger partial charge in [0.05, 0.1) is 12.2 Å². The highest BCUT2D eigenvalue weighted by atomic mass is 16.8. The Morgan fingerprint density at radius 3 is 2.52 bits per heavy atom. The van der Waals surface area contributed by atoms with Gasteiger partial charge in [0.1, 0.15) is 24.9 Å². The SMILES string of the molecule is Cc1ccc(C(=O)OC[C@H]2O[C@@](CO)(n3ccc(=O)[nH]c3=O)[C@@H]3OC(C)(C)O[C@@H]32)cc1. The van der Waals surface area contributed by atoms with E-state index in [0.717, 1.165) is 16.2 Å². The van der Waals surface area contributed by atoms with Gasteiger partial charge < -0.3 is 24.1 Å². The summed E-state index contributed by atoms with van der Waals surface area (Å²) in [5.74, 6) is -1.56. The number of aromatic nitrogens is 2. The molecule has 2 N–H and O–H groups in total. The normalized spacial score (nSPS) is 29.0. The van der Waals surface area contributed by atoms with Crippen molar-refractivity contribution in [2.24, 2.45) is 0 Å². The number of carbonyl (C=O) groups is 1. The van der Waals surface area contributed by atoms with Gasteiger partial charge in [-0.15, -0.1) is 0 Å². The molecule has 10 heteroatoms. The molecule has 31 heavy (non-hydrogen) atoms. The Labute approximate surface area is 177 Å². The summed E-state index contributed by atoms with van der Waals surface area (Å²) in [5.41, 5.74) is -1.63. The number of fused-ring (bicyclic) bond motifs is 1. The van der Waals surface area contributed by atoms with Crippen LogP contribution >= 0.6 is 0 Å². The van der Waals surface area contributed by atoms with Crippen molar-refractivity contribution in [3.8, 4) is 0 Å². The van der Waals surface area contributed by atoms with Crippen molar-refractivity contribution in [3.05, 3.63) is 68.5 Å². The van der Waals surface area contributed by atoms with Crippen LogP contribution in [0.15, 0.2) is 46.1 Å². The van der Waals surface area contributed by atoms with Gasteiger partial charge in [-0.3, -0.25) is 14.3 Å². The summed E-state index contributed by atoms with van der Waals surface area (Å²) in [7, 11) is 0. The van der Waals surface area contributed by atoms with Crippen molar-refractivity contribution in [1.29, 1.82) is 0 Å². The quantitative estimate of drug-likeness (QED) is 0.644. The predicted molar refractivity (Wildman–Crippen MR) is 107 cm³/mol. The Kier molecular flexibility index (Phi) is 5.34. The van der Waals surface area contributed by atoms with E-state index < -0.39 is 53.6 Å². The van der Waals surface area contributed by atoms with Gasteiger partial charge in [-0.2, -0.15) is 0 Å². The van der Waals surface area contributed by atoms with E-state index in [-0.39, 0.29) is 6.61 Å². The fraction of sp³-hybridized carbons (Fsp3) is 0.476. The molecule has 1 aromatic heterocycles. The summed E-state index contributed by atoms with van der Waals surface area (Å²) in [6.07, 6.45) is -1.22. The van der Waals surface area contributed by atoms with Crippen molar-refractivity contribution < 1.29 is 28.8 Å². The number of ether oxygens (including phenoxy) is 4. The molecule has 4 rings (SSSR count). The number of esters is 1. The number of carbonyl (C=O) groups excluding carboxylic acids is 1. The molecule has 2 aromatic rings. The number of aryl methyl sites for hydroxylation is 1. The van der Waals surface area contributed by atoms with Gasteiger partial charge in [-0.25, -0.2) is 9.59 Å². The summed E-state index contributed by atoms with van der Waals surface area (Å²) in [6, 6.07) is 8.06. The van der Waals surface area contributed by atoms with Crippen molar-refractivity contribution in [3.63, 3.8) is 0 Å². The first-order valence-corrected chi connectivity index (χ1v) is 9.86. The Morgan fingerprint density at radius 1 is 1.16 bits per heavy atom. The van der Waals surface area contributed by atoms with E-state index in [9.17, 15) is 19.5 Å². The molecule has 0 spiro atoms. The molecule has 0 amide bonds. The highest BCUT2D eigenvalue weighted by Crippen LogP contribution is 2.46. The third kappa shape index (κ3) is 3.83. The molecule has 0 radical (unpaired) electrons. The lowest BCUT2D eigenvalue weighted by atomic mass is 10.0. The first kappa shape index (κ1) is 21.4. The monoisotopic (exact) mass is 432 g/mol. The molecule has 0 saturated carbocycles. The molecule has 0 unspecified atom stereocenters. The number of nitrogens with zero attached hydrogens (tertiary/aromatic N) is 1. The molecule has 2 aliphatic rings. The molecule has 4 atom stereocenters. The second kappa shape index (κ2) is 7.72. The molecule has 0 aliphatic carbocycles. The zero-order chi connectivity index (χ0) is 22.4. The Balaban J connectivity index is 1.62.